The molecule has 1 atom stereocenters. The lowest BCUT2D eigenvalue weighted by atomic mass is 9.99. The van der Waals surface area contributed by atoms with Crippen molar-refractivity contribution in [1.29, 1.82) is 0 Å². The van der Waals surface area contributed by atoms with Gasteiger partial charge in [-0.3, -0.25) is 4.79 Å². The van der Waals surface area contributed by atoms with Gasteiger partial charge in [-0.2, -0.15) is 0 Å². The highest BCUT2D eigenvalue weighted by molar-refractivity contribution is 5.92. The number of unbranched alkanes of at least 4 members (excludes halogenated alkanes) is 1. The number of rotatable bonds is 8. The Kier molecular flexibility index (Phi) is 6.93. The molecule has 2 N–H and O–H groups in total. The lowest BCUT2D eigenvalue weighted by Gasteiger charge is -2.15. The third-order valence-corrected chi connectivity index (χ3v) is 3.38. The second-order valence-electron chi connectivity index (χ2n) is 4.81. The molecular formula is C15H25N3O. The van der Waals surface area contributed by atoms with Crippen molar-refractivity contribution in [3.05, 3.63) is 24.0 Å². The van der Waals surface area contributed by atoms with Gasteiger partial charge in [-0.25, -0.2) is 4.98 Å². The Labute approximate surface area is 116 Å². The molecule has 106 valence electrons. The zero-order chi connectivity index (χ0) is 14.1. The van der Waals surface area contributed by atoms with Gasteiger partial charge in [0.1, 0.15) is 5.69 Å². The van der Waals surface area contributed by atoms with Gasteiger partial charge in [0.25, 0.3) is 5.91 Å². The van der Waals surface area contributed by atoms with E-state index < -0.39 is 0 Å². The maximum atomic E-state index is 11.9. The van der Waals surface area contributed by atoms with E-state index in [-0.39, 0.29) is 5.91 Å². The van der Waals surface area contributed by atoms with Gasteiger partial charge in [0.05, 0.1) is 11.9 Å². The van der Waals surface area contributed by atoms with Crippen molar-refractivity contribution in [2.24, 2.45) is 5.92 Å². The quantitative estimate of drug-likeness (QED) is 0.758. The van der Waals surface area contributed by atoms with Crippen LogP contribution in [0.1, 0.15) is 50.0 Å². The molecular weight excluding hydrogens is 238 g/mol. The van der Waals surface area contributed by atoms with E-state index >= 15 is 0 Å². The lowest BCUT2D eigenvalue weighted by Crippen LogP contribution is -2.29. The van der Waals surface area contributed by atoms with E-state index in [0.717, 1.165) is 18.7 Å². The van der Waals surface area contributed by atoms with Crippen LogP contribution in [-0.4, -0.2) is 24.5 Å². The highest BCUT2D eigenvalue weighted by atomic mass is 16.1. The van der Waals surface area contributed by atoms with Crippen molar-refractivity contribution in [2.75, 3.05) is 18.9 Å². The van der Waals surface area contributed by atoms with Gasteiger partial charge in [0.2, 0.25) is 0 Å². The molecule has 1 aromatic heterocycles. The average molecular weight is 263 g/mol. The van der Waals surface area contributed by atoms with Crippen LogP contribution < -0.4 is 10.6 Å². The SMILES string of the molecule is CCCCC(CC)CNC(=O)c1ccc(NC)cn1. The Bertz CT molecular complexity index is 375. The summed E-state index contributed by atoms with van der Waals surface area (Å²) in [5.74, 6) is 0.484. The van der Waals surface area contributed by atoms with Crippen molar-refractivity contribution in [1.82, 2.24) is 10.3 Å². The second kappa shape index (κ2) is 8.51. The van der Waals surface area contributed by atoms with Crippen LogP contribution in [0.2, 0.25) is 0 Å². The first-order valence-corrected chi connectivity index (χ1v) is 7.13. The second-order valence-corrected chi connectivity index (χ2v) is 4.81. The summed E-state index contributed by atoms with van der Waals surface area (Å²) in [6.45, 7) is 5.11. The standard InChI is InChI=1S/C15H25N3O/c1-4-6-7-12(5-2)10-18-15(19)14-9-8-13(16-3)11-17-14/h8-9,11-12,16H,4-7,10H2,1-3H3,(H,18,19). The number of carbonyl (C=O) groups excluding carboxylic acids is 1. The maximum absolute atomic E-state index is 11.9. The molecule has 0 radical (unpaired) electrons. The summed E-state index contributed by atoms with van der Waals surface area (Å²) in [6, 6.07) is 3.60. The molecule has 1 aromatic rings. The lowest BCUT2D eigenvalue weighted by molar-refractivity contribution is 0.0941. The van der Waals surface area contributed by atoms with Crippen LogP contribution in [0.3, 0.4) is 0 Å². The number of hydrogen-bond acceptors (Lipinski definition) is 3. The minimum Gasteiger partial charge on any atom is -0.387 e. The Morgan fingerprint density at radius 2 is 2.16 bits per heavy atom. The molecule has 0 aliphatic rings. The van der Waals surface area contributed by atoms with Crippen LogP contribution in [-0.2, 0) is 0 Å². The molecule has 0 fully saturated rings. The molecule has 1 rings (SSSR count). The summed E-state index contributed by atoms with van der Waals surface area (Å²) < 4.78 is 0. The fraction of sp³-hybridized carbons (Fsp3) is 0.600. The molecule has 0 aliphatic heterocycles. The summed E-state index contributed by atoms with van der Waals surface area (Å²) in [6.07, 6.45) is 6.38. The van der Waals surface area contributed by atoms with Gasteiger partial charge in [-0.15, -0.1) is 0 Å². The van der Waals surface area contributed by atoms with Crippen LogP contribution in [0, 0.1) is 5.92 Å². The van der Waals surface area contributed by atoms with Crippen LogP contribution >= 0.6 is 0 Å². The van der Waals surface area contributed by atoms with Crippen LogP contribution in [0.5, 0.6) is 0 Å². The number of hydrogen-bond donors (Lipinski definition) is 2. The summed E-state index contributed by atoms with van der Waals surface area (Å²) in [5.41, 5.74) is 1.38. The van der Waals surface area contributed by atoms with Crippen molar-refractivity contribution in [3.63, 3.8) is 0 Å². The third-order valence-electron chi connectivity index (χ3n) is 3.38. The van der Waals surface area contributed by atoms with Crippen molar-refractivity contribution >= 4 is 11.6 Å². The molecule has 1 amide bonds. The normalized spacial score (nSPS) is 11.9. The summed E-state index contributed by atoms with van der Waals surface area (Å²) in [7, 11) is 1.83. The van der Waals surface area contributed by atoms with Crippen LogP contribution in [0.15, 0.2) is 18.3 Å². The number of nitrogens with one attached hydrogen (secondary N) is 2. The Morgan fingerprint density at radius 3 is 2.68 bits per heavy atom. The van der Waals surface area contributed by atoms with E-state index in [9.17, 15) is 4.79 Å². The minimum atomic E-state index is -0.0856. The molecule has 4 heteroatoms. The van der Waals surface area contributed by atoms with E-state index in [4.69, 9.17) is 0 Å². The van der Waals surface area contributed by atoms with Gasteiger partial charge in [-0.05, 0) is 24.5 Å². The van der Waals surface area contributed by atoms with Gasteiger partial charge < -0.3 is 10.6 Å². The molecule has 0 spiro atoms. The van der Waals surface area contributed by atoms with Crippen molar-refractivity contribution < 1.29 is 4.79 Å². The fourth-order valence-corrected chi connectivity index (χ4v) is 1.95. The first-order chi connectivity index (χ1) is 9.21. The first kappa shape index (κ1) is 15.5. The number of aromatic nitrogens is 1. The highest BCUT2D eigenvalue weighted by Crippen LogP contribution is 2.11. The zero-order valence-electron chi connectivity index (χ0n) is 12.2. The number of pyridine rings is 1. The number of nitrogens with zero attached hydrogens (tertiary/aromatic N) is 1. The van der Waals surface area contributed by atoms with E-state index in [1.165, 1.54) is 19.3 Å². The number of amides is 1. The zero-order valence-corrected chi connectivity index (χ0v) is 12.2. The number of carbonyl (C=O) groups is 1. The van der Waals surface area contributed by atoms with E-state index in [0.29, 0.717) is 11.6 Å². The van der Waals surface area contributed by atoms with Crippen LogP contribution in [0.25, 0.3) is 0 Å². The van der Waals surface area contributed by atoms with Gasteiger partial charge in [0, 0.05) is 13.6 Å². The van der Waals surface area contributed by atoms with Crippen molar-refractivity contribution in [3.8, 4) is 0 Å². The largest absolute Gasteiger partial charge is 0.387 e. The Balaban J connectivity index is 2.44. The average Bonchev–Trinajstić information content (AvgIpc) is 2.47. The van der Waals surface area contributed by atoms with Gasteiger partial charge in [-0.1, -0.05) is 33.1 Å². The Morgan fingerprint density at radius 1 is 1.37 bits per heavy atom. The predicted octanol–water partition coefficient (Wildman–Crippen LogP) is 3.07. The van der Waals surface area contributed by atoms with Gasteiger partial charge >= 0.3 is 0 Å². The van der Waals surface area contributed by atoms with Gasteiger partial charge in [0.15, 0.2) is 0 Å². The van der Waals surface area contributed by atoms with E-state index in [1.807, 2.05) is 13.1 Å². The molecule has 0 saturated carbocycles. The topological polar surface area (TPSA) is 54.0 Å². The molecule has 0 bridgehead atoms. The summed E-state index contributed by atoms with van der Waals surface area (Å²) >= 11 is 0. The molecule has 0 aliphatic carbocycles. The molecule has 1 heterocycles. The molecule has 19 heavy (non-hydrogen) atoms. The van der Waals surface area contributed by atoms with E-state index in [2.05, 4.69) is 29.5 Å². The summed E-state index contributed by atoms with van der Waals surface area (Å²) in [4.78, 5) is 16.1. The smallest absolute Gasteiger partial charge is 0.269 e. The number of anilines is 1. The van der Waals surface area contributed by atoms with Crippen LogP contribution in [0.4, 0.5) is 5.69 Å². The molecule has 1 unspecified atom stereocenters. The molecule has 0 saturated heterocycles. The monoisotopic (exact) mass is 263 g/mol. The first-order valence-electron chi connectivity index (χ1n) is 7.13. The summed E-state index contributed by atoms with van der Waals surface area (Å²) in [5, 5.41) is 5.96. The van der Waals surface area contributed by atoms with Crippen molar-refractivity contribution in [2.45, 2.75) is 39.5 Å². The third kappa shape index (κ3) is 5.28. The highest BCUT2D eigenvalue weighted by Gasteiger charge is 2.10. The molecule has 4 nitrogen and oxygen atoms in total. The molecule has 0 aromatic carbocycles. The fourth-order valence-electron chi connectivity index (χ4n) is 1.95. The maximum Gasteiger partial charge on any atom is 0.269 e. The minimum absolute atomic E-state index is 0.0856. The predicted molar refractivity (Wildman–Crippen MR) is 79.4 cm³/mol. The Hall–Kier alpha value is -1.58. The van der Waals surface area contributed by atoms with E-state index in [1.54, 1.807) is 12.3 Å².